The monoisotopic (exact) mass is 612 g/mol. The van der Waals surface area contributed by atoms with E-state index >= 15 is 0 Å². The highest BCUT2D eigenvalue weighted by molar-refractivity contribution is 6.25. The van der Waals surface area contributed by atoms with Crippen LogP contribution in [0.1, 0.15) is 132 Å². The van der Waals surface area contributed by atoms with Crippen molar-refractivity contribution in [3.8, 4) is 11.1 Å². The average molecular weight is 613 g/mol. The number of fused-ring (bicyclic) bond motifs is 6. The van der Waals surface area contributed by atoms with Crippen LogP contribution in [-0.4, -0.2) is 9.97 Å². The van der Waals surface area contributed by atoms with Gasteiger partial charge in [0.2, 0.25) is 0 Å². The van der Waals surface area contributed by atoms with E-state index in [0.29, 0.717) is 0 Å². The minimum Gasteiger partial charge on any atom is -0.354 e. The third kappa shape index (κ3) is 5.36. The zero-order valence-electron chi connectivity index (χ0n) is 31.2. The summed E-state index contributed by atoms with van der Waals surface area (Å²) in [5.74, 6) is 0. The van der Waals surface area contributed by atoms with Crippen LogP contribution in [0.15, 0.2) is 54.6 Å². The number of rotatable bonds is 1. The van der Waals surface area contributed by atoms with Gasteiger partial charge in [-0.1, -0.05) is 140 Å². The third-order valence-electron chi connectivity index (χ3n) is 10.1. The SMILES string of the molecule is CC(C)(C)c1ccc(-c2c3[nH]c4c(C(C)(C)C)cc(C(C)(C)C)cc4c3cc3c2[nH]c2c(C(C)(C)C)cc(C(C)(C)C)cc23)cc1. The molecule has 2 nitrogen and oxygen atoms in total. The first-order valence-corrected chi connectivity index (χ1v) is 17.2. The molecule has 0 aliphatic carbocycles. The molecule has 242 valence electrons. The molecular formula is C44H56N2. The molecule has 2 aromatic heterocycles. The molecule has 2 heterocycles. The van der Waals surface area contributed by atoms with E-state index in [1.165, 1.54) is 82.6 Å². The summed E-state index contributed by atoms with van der Waals surface area (Å²) in [7, 11) is 0. The summed E-state index contributed by atoms with van der Waals surface area (Å²) in [6.07, 6.45) is 0. The van der Waals surface area contributed by atoms with Gasteiger partial charge in [-0.3, -0.25) is 0 Å². The normalized spacial score (nSPS) is 14.0. The Balaban J connectivity index is 1.86. The van der Waals surface area contributed by atoms with Crippen molar-refractivity contribution in [2.75, 3.05) is 0 Å². The number of aromatic nitrogens is 2. The van der Waals surface area contributed by atoms with Crippen molar-refractivity contribution in [3.05, 3.63) is 82.4 Å². The fourth-order valence-corrected chi connectivity index (χ4v) is 7.07. The summed E-state index contributed by atoms with van der Waals surface area (Å²) in [6.45, 7) is 34.9. The number of aromatic amines is 2. The molecule has 0 bridgehead atoms. The molecule has 0 saturated heterocycles. The van der Waals surface area contributed by atoms with Gasteiger partial charge in [-0.05, 0) is 78.7 Å². The Hall–Kier alpha value is -3.52. The lowest BCUT2D eigenvalue weighted by atomic mass is 9.79. The standard InChI is InChI=1S/C44H56N2/c1-40(2,3)26-18-16-25(17-19-26)35-38-31(29-20-27(41(4,5)6)22-33(36(29)45-38)43(10,11)12)24-32-30-21-28(42(7,8)9)23-34(44(13,14)15)37(30)46-39(32)35/h16-24,45-46H,1-15H3. The second-order valence-electron chi connectivity index (χ2n) is 19.1. The van der Waals surface area contributed by atoms with Crippen LogP contribution in [0.4, 0.5) is 0 Å². The lowest BCUT2D eigenvalue weighted by Crippen LogP contribution is -2.16. The smallest absolute Gasteiger partial charge is 0.0566 e. The molecule has 0 spiro atoms. The Morgan fingerprint density at radius 2 is 0.696 bits per heavy atom. The Morgan fingerprint density at radius 1 is 0.348 bits per heavy atom. The van der Waals surface area contributed by atoms with Crippen molar-refractivity contribution < 1.29 is 0 Å². The molecule has 0 aliphatic rings. The molecule has 0 saturated carbocycles. The maximum Gasteiger partial charge on any atom is 0.0566 e. The van der Waals surface area contributed by atoms with E-state index in [0.717, 1.165) is 0 Å². The van der Waals surface area contributed by atoms with E-state index in [1.807, 2.05) is 0 Å². The Bertz CT molecular complexity index is 2000. The van der Waals surface area contributed by atoms with Crippen LogP contribution >= 0.6 is 0 Å². The van der Waals surface area contributed by atoms with Gasteiger partial charge in [0.15, 0.2) is 0 Å². The van der Waals surface area contributed by atoms with Gasteiger partial charge in [0.05, 0.1) is 22.1 Å². The fourth-order valence-electron chi connectivity index (χ4n) is 7.07. The lowest BCUT2D eigenvalue weighted by molar-refractivity contribution is 0.572. The Labute approximate surface area is 277 Å². The van der Waals surface area contributed by atoms with Crippen molar-refractivity contribution in [3.63, 3.8) is 0 Å². The number of benzene rings is 4. The van der Waals surface area contributed by atoms with E-state index in [-0.39, 0.29) is 27.1 Å². The molecule has 2 heteroatoms. The highest BCUT2D eigenvalue weighted by Gasteiger charge is 2.28. The van der Waals surface area contributed by atoms with Crippen molar-refractivity contribution in [2.24, 2.45) is 0 Å². The van der Waals surface area contributed by atoms with Crippen molar-refractivity contribution in [1.29, 1.82) is 0 Å². The minimum atomic E-state index is -0.00823. The van der Waals surface area contributed by atoms with Crippen LogP contribution in [-0.2, 0) is 27.1 Å². The largest absolute Gasteiger partial charge is 0.354 e. The molecule has 46 heavy (non-hydrogen) atoms. The minimum absolute atomic E-state index is 0.00823. The van der Waals surface area contributed by atoms with E-state index in [1.54, 1.807) is 0 Å². The third-order valence-corrected chi connectivity index (χ3v) is 10.1. The van der Waals surface area contributed by atoms with Gasteiger partial charge < -0.3 is 9.97 Å². The van der Waals surface area contributed by atoms with Gasteiger partial charge >= 0.3 is 0 Å². The number of H-pyrrole nitrogens is 2. The number of hydrogen-bond donors (Lipinski definition) is 2. The van der Waals surface area contributed by atoms with Gasteiger partial charge in [0.1, 0.15) is 0 Å². The van der Waals surface area contributed by atoms with Crippen LogP contribution in [0.5, 0.6) is 0 Å². The lowest BCUT2D eigenvalue weighted by Gasteiger charge is -2.26. The van der Waals surface area contributed by atoms with Gasteiger partial charge in [-0.15, -0.1) is 0 Å². The van der Waals surface area contributed by atoms with E-state index < -0.39 is 0 Å². The molecule has 6 rings (SSSR count). The molecule has 0 radical (unpaired) electrons. The van der Waals surface area contributed by atoms with Crippen LogP contribution in [0.2, 0.25) is 0 Å². The predicted octanol–water partition coefficient (Wildman–Crippen LogP) is 13.1. The predicted molar refractivity (Wildman–Crippen MR) is 204 cm³/mol. The first-order chi connectivity index (χ1) is 21.0. The molecule has 4 aromatic carbocycles. The maximum atomic E-state index is 4.04. The molecule has 0 atom stereocenters. The zero-order chi connectivity index (χ0) is 33.9. The molecule has 0 fully saturated rings. The molecule has 6 aromatic rings. The summed E-state index contributed by atoms with van der Waals surface area (Å²) in [4.78, 5) is 8.08. The summed E-state index contributed by atoms with van der Waals surface area (Å²) < 4.78 is 0. The van der Waals surface area contributed by atoms with Crippen LogP contribution in [0.25, 0.3) is 54.7 Å². The number of hydrogen-bond acceptors (Lipinski definition) is 0. The topological polar surface area (TPSA) is 31.6 Å². The van der Waals surface area contributed by atoms with Gasteiger partial charge in [-0.2, -0.15) is 0 Å². The molecule has 0 unspecified atom stereocenters. The van der Waals surface area contributed by atoms with Crippen molar-refractivity contribution >= 4 is 43.6 Å². The first kappa shape index (κ1) is 32.4. The van der Waals surface area contributed by atoms with Gasteiger partial charge in [0, 0.05) is 27.1 Å². The summed E-state index contributed by atoms with van der Waals surface area (Å²) in [5.41, 5.74) is 14.4. The molecule has 0 amide bonds. The second kappa shape index (κ2) is 9.99. The van der Waals surface area contributed by atoms with Gasteiger partial charge in [-0.25, -0.2) is 0 Å². The van der Waals surface area contributed by atoms with Crippen molar-refractivity contribution in [2.45, 2.75) is 131 Å². The number of nitrogens with one attached hydrogen (secondary N) is 2. The van der Waals surface area contributed by atoms with Crippen LogP contribution in [0.3, 0.4) is 0 Å². The summed E-state index contributed by atoms with van der Waals surface area (Å²) >= 11 is 0. The molecular weight excluding hydrogens is 556 g/mol. The maximum absolute atomic E-state index is 4.04. The van der Waals surface area contributed by atoms with Gasteiger partial charge in [0.25, 0.3) is 0 Å². The molecule has 0 aliphatic heterocycles. The highest BCUT2D eigenvalue weighted by atomic mass is 14.8. The summed E-state index contributed by atoms with van der Waals surface area (Å²) in [6, 6.07) is 21.6. The van der Waals surface area contributed by atoms with Crippen molar-refractivity contribution in [1.82, 2.24) is 9.97 Å². The summed E-state index contributed by atoms with van der Waals surface area (Å²) in [5, 5.41) is 5.24. The fraction of sp³-hybridized carbons (Fsp3) is 0.455. The van der Waals surface area contributed by atoms with Crippen LogP contribution in [0, 0.1) is 0 Å². The average Bonchev–Trinajstić information content (AvgIpc) is 3.46. The quantitative estimate of drug-likeness (QED) is 0.185. The van der Waals surface area contributed by atoms with E-state index in [2.05, 4.69) is 168 Å². The second-order valence-corrected chi connectivity index (χ2v) is 19.1. The van der Waals surface area contributed by atoms with E-state index in [9.17, 15) is 0 Å². The zero-order valence-corrected chi connectivity index (χ0v) is 31.2. The Morgan fingerprint density at radius 3 is 1.02 bits per heavy atom. The Kier molecular flexibility index (Phi) is 7.04. The van der Waals surface area contributed by atoms with E-state index in [4.69, 9.17) is 0 Å². The highest BCUT2D eigenvalue weighted by Crippen LogP contribution is 2.46. The molecule has 2 N–H and O–H groups in total. The van der Waals surface area contributed by atoms with Crippen LogP contribution < -0.4 is 0 Å². The first-order valence-electron chi connectivity index (χ1n) is 17.2.